The summed E-state index contributed by atoms with van der Waals surface area (Å²) in [5.74, 6) is 0.330. The van der Waals surface area contributed by atoms with E-state index in [4.69, 9.17) is 4.74 Å². The van der Waals surface area contributed by atoms with Gasteiger partial charge in [0.15, 0.2) is 6.61 Å². The molecule has 0 saturated heterocycles. The van der Waals surface area contributed by atoms with Crippen LogP contribution in [0.25, 0.3) is 0 Å². The molecule has 124 valence electrons. The van der Waals surface area contributed by atoms with Crippen molar-refractivity contribution in [3.63, 3.8) is 0 Å². The lowest BCUT2D eigenvalue weighted by Gasteiger charge is -2.33. The van der Waals surface area contributed by atoms with E-state index in [0.717, 1.165) is 0 Å². The summed E-state index contributed by atoms with van der Waals surface area (Å²) in [5, 5.41) is 2.66. The van der Waals surface area contributed by atoms with Gasteiger partial charge in [-0.2, -0.15) is 4.31 Å². The van der Waals surface area contributed by atoms with Gasteiger partial charge in [0.1, 0.15) is 5.75 Å². The van der Waals surface area contributed by atoms with Crippen LogP contribution in [0.2, 0.25) is 0 Å². The number of rotatable bonds is 7. The standard InChI is InChI=1S/C15H24N2O4S/c1-15(2,3)17(22(4,19)20)11-10-16-14(18)12-21-13-8-6-5-7-9-13/h5-9H,10-12H2,1-4H3,(H,16,18). The van der Waals surface area contributed by atoms with E-state index in [2.05, 4.69) is 5.32 Å². The highest BCUT2D eigenvalue weighted by molar-refractivity contribution is 7.88. The first-order chi connectivity index (χ1) is 10.1. The van der Waals surface area contributed by atoms with Crippen LogP contribution < -0.4 is 10.1 Å². The molecule has 7 heteroatoms. The van der Waals surface area contributed by atoms with Gasteiger partial charge < -0.3 is 10.1 Å². The highest BCUT2D eigenvalue weighted by Crippen LogP contribution is 2.16. The van der Waals surface area contributed by atoms with Crippen LogP contribution in [0.5, 0.6) is 5.75 Å². The van der Waals surface area contributed by atoms with E-state index in [-0.39, 0.29) is 25.6 Å². The molecular weight excluding hydrogens is 304 g/mol. The predicted octanol–water partition coefficient (Wildman–Crippen LogP) is 1.24. The first kappa shape index (κ1) is 18.4. The molecule has 22 heavy (non-hydrogen) atoms. The van der Waals surface area contributed by atoms with Gasteiger partial charge in [-0.3, -0.25) is 4.79 Å². The normalized spacial score (nSPS) is 12.2. The Morgan fingerprint density at radius 2 is 1.82 bits per heavy atom. The van der Waals surface area contributed by atoms with E-state index < -0.39 is 15.6 Å². The van der Waals surface area contributed by atoms with Crippen LogP contribution in [-0.4, -0.2) is 50.1 Å². The number of benzene rings is 1. The number of para-hydroxylation sites is 1. The highest BCUT2D eigenvalue weighted by Gasteiger charge is 2.28. The second-order valence-electron chi connectivity index (χ2n) is 5.96. The van der Waals surface area contributed by atoms with E-state index in [1.54, 1.807) is 12.1 Å². The van der Waals surface area contributed by atoms with Crippen molar-refractivity contribution in [1.82, 2.24) is 9.62 Å². The topological polar surface area (TPSA) is 75.7 Å². The predicted molar refractivity (Wildman–Crippen MR) is 86.2 cm³/mol. The molecule has 1 amide bonds. The Labute approximate surface area is 132 Å². The summed E-state index contributed by atoms with van der Waals surface area (Å²) in [7, 11) is -3.33. The smallest absolute Gasteiger partial charge is 0.257 e. The number of carbonyl (C=O) groups excluding carboxylic acids is 1. The minimum Gasteiger partial charge on any atom is -0.484 e. The molecule has 1 aromatic rings. The first-order valence-electron chi connectivity index (χ1n) is 7.03. The van der Waals surface area contributed by atoms with E-state index in [0.29, 0.717) is 5.75 Å². The Morgan fingerprint density at radius 1 is 1.23 bits per heavy atom. The molecule has 0 spiro atoms. The van der Waals surface area contributed by atoms with E-state index in [1.165, 1.54) is 10.6 Å². The lowest BCUT2D eigenvalue weighted by molar-refractivity contribution is -0.123. The van der Waals surface area contributed by atoms with Crippen molar-refractivity contribution in [2.75, 3.05) is 26.0 Å². The number of nitrogens with zero attached hydrogens (tertiary/aromatic N) is 1. The summed E-state index contributed by atoms with van der Waals surface area (Å²) < 4.78 is 30.2. The molecule has 0 bridgehead atoms. The Morgan fingerprint density at radius 3 is 2.32 bits per heavy atom. The number of hydrogen-bond donors (Lipinski definition) is 1. The molecule has 6 nitrogen and oxygen atoms in total. The zero-order valence-corrected chi connectivity index (χ0v) is 14.3. The van der Waals surface area contributed by atoms with Gasteiger partial charge in [-0.1, -0.05) is 18.2 Å². The van der Waals surface area contributed by atoms with Gasteiger partial charge in [-0.25, -0.2) is 8.42 Å². The third kappa shape index (κ3) is 6.44. The first-order valence-corrected chi connectivity index (χ1v) is 8.88. The number of nitrogens with one attached hydrogen (secondary N) is 1. The Balaban J connectivity index is 2.41. The molecule has 0 atom stereocenters. The van der Waals surface area contributed by atoms with Crippen molar-refractivity contribution in [3.8, 4) is 5.75 Å². The minimum absolute atomic E-state index is 0.0988. The fourth-order valence-corrected chi connectivity index (χ4v) is 3.43. The summed E-state index contributed by atoms with van der Waals surface area (Å²) in [6.45, 7) is 5.80. The quantitative estimate of drug-likeness (QED) is 0.817. The zero-order valence-electron chi connectivity index (χ0n) is 13.5. The Bertz CT molecular complexity index is 579. The SMILES string of the molecule is CC(C)(C)N(CCNC(=O)COc1ccccc1)S(C)(=O)=O. The number of amides is 1. The van der Waals surface area contributed by atoms with Gasteiger partial charge in [0.2, 0.25) is 10.0 Å². The monoisotopic (exact) mass is 328 g/mol. The average Bonchev–Trinajstić information content (AvgIpc) is 2.39. The van der Waals surface area contributed by atoms with Crippen molar-refractivity contribution < 1.29 is 17.9 Å². The van der Waals surface area contributed by atoms with E-state index in [9.17, 15) is 13.2 Å². The summed E-state index contributed by atoms with van der Waals surface area (Å²) >= 11 is 0. The minimum atomic E-state index is -3.33. The second kappa shape index (κ2) is 7.60. The Kier molecular flexibility index (Phi) is 6.37. The fourth-order valence-electron chi connectivity index (χ4n) is 2.01. The van der Waals surface area contributed by atoms with Gasteiger partial charge in [-0.15, -0.1) is 0 Å². The van der Waals surface area contributed by atoms with Crippen LogP contribution >= 0.6 is 0 Å². The molecule has 0 radical (unpaired) electrons. The average molecular weight is 328 g/mol. The van der Waals surface area contributed by atoms with Crippen molar-refractivity contribution in [1.29, 1.82) is 0 Å². The van der Waals surface area contributed by atoms with Gasteiger partial charge in [0.25, 0.3) is 5.91 Å². The third-order valence-electron chi connectivity index (χ3n) is 2.90. The summed E-state index contributed by atoms with van der Waals surface area (Å²) in [6, 6.07) is 9.02. The number of carbonyl (C=O) groups is 1. The molecule has 0 aliphatic heterocycles. The van der Waals surface area contributed by atoms with Crippen LogP contribution in [-0.2, 0) is 14.8 Å². The Hall–Kier alpha value is -1.60. The van der Waals surface area contributed by atoms with Crippen molar-refractivity contribution in [3.05, 3.63) is 30.3 Å². The largest absolute Gasteiger partial charge is 0.484 e. The molecule has 0 unspecified atom stereocenters. The number of hydrogen-bond acceptors (Lipinski definition) is 4. The number of sulfonamides is 1. The lowest BCUT2D eigenvalue weighted by atomic mass is 10.1. The van der Waals surface area contributed by atoms with Crippen LogP contribution in [0.1, 0.15) is 20.8 Å². The van der Waals surface area contributed by atoms with Crippen LogP contribution in [0.15, 0.2) is 30.3 Å². The van der Waals surface area contributed by atoms with Gasteiger partial charge in [0.05, 0.1) is 6.26 Å². The van der Waals surface area contributed by atoms with Gasteiger partial charge in [-0.05, 0) is 32.9 Å². The fraction of sp³-hybridized carbons (Fsp3) is 0.533. The molecule has 0 fully saturated rings. The van der Waals surface area contributed by atoms with Gasteiger partial charge >= 0.3 is 0 Å². The van der Waals surface area contributed by atoms with Crippen molar-refractivity contribution in [2.45, 2.75) is 26.3 Å². The molecule has 0 aromatic heterocycles. The van der Waals surface area contributed by atoms with Gasteiger partial charge in [0, 0.05) is 18.6 Å². The maximum absolute atomic E-state index is 11.8. The summed E-state index contributed by atoms with van der Waals surface area (Å²) in [4.78, 5) is 11.7. The van der Waals surface area contributed by atoms with E-state index >= 15 is 0 Å². The number of ether oxygens (including phenoxy) is 1. The van der Waals surface area contributed by atoms with Crippen LogP contribution in [0.3, 0.4) is 0 Å². The summed E-state index contributed by atoms with van der Waals surface area (Å²) in [5.41, 5.74) is -0.529. The summed E-state index contributed by atoms with van der Waals surface area (Å²) in [6.07, 6.45) is 1.17. The molecule has 0 aliphatic carbocycles. The third-order valence-corrected chi connectivity index (χ3v) is 4.43. The molecule has 0 aliphatic rings. The van der Waals surface area contributed by atoms with Crippen molar-refractivity contribution >= 4 is 15.9 Å². The maximum atomic E-state index is 11.8. The highest BCUT2D eigenvalue weighted by atomic mass is 32.2. The van der Waals surface area contributed by atoms with Crippen LogP contribution in [0.4, 0.5) is 0 Å². The molecule has 1 N–H and O–H groups in total. The van der Waals surface area contributed by atoms with Crippen LogP contribution in [0, 0.1) is 0 Å². The maximum Gasteiger partial charge on any atom is 0.257 e. The molecule has 1 rings (SSSR count). The van der Waals surface area contributed by atoms with E-state index in [1.807, 2.05) is 39.0 Å². The second-order valence-corrected chi connectivity index (χ2v) is 7.86. The molecule has 1 aromatic carbocycles. The zero-order chi connectivity index (χ0) is 16.8. The van der Waals surface area contributed by atoms with Crippen molar-refractivity contribution in [2.24, 2.45) is 0 Å². The lowest BCUT2D eigenvalue weighted by Crippen LogP contribution is -2.48. The molecule has 0 heterocycles. The molecular formula is C15H24N2O4S. The molecule has 0 saturated carbocycles.